The van der Waals surface area contributed by atoms with Crippen LogP contribution in [0.3, 0.4) is 0 Å². The van der Waals surface area contributed by atoms with Gasteiger partial charge in [-0.3, -0.25) is 4.79 Å². The zero-order chi connectivity index (χ0) is 17.7. The highest BCUT2D eigenvalue weighted by Crippen LogP contribution is 2.17. The Morgan fingerprint density at radius 3 is 2.50 bits per heavy atom. The first-order chi connectivity index (χ1) is 11.4. The average Bonchev–Trinajstić information content (AvgIpc) is 2.54. The maximum atomic E-state index is 13.6. The predicted molar refractivity (Wildman–Crippen MR) is 86.5 cm³/mol. The first-order valence-corrected chi connectivity index (χ1v) is 7.53. The zero-order valence-corrected chi connectivity index (χ0v) is 13.4. The minimum atomic E-state index is -1.68. The number of pyridine rings is 1. The molecule has 24 heavy (non-hydrogen) atoms. The highest BCUT2D eigenvalue weighted by molar-refractivity contribution is 6.04. The van der Waals surface area contributed by atoms with Crippen molar-refractivity contribution < 1.29 is 18.0 Å². The van der Waals surface area contributed by atoms with Crippen molar-refractivity contribution in [2.24, 2.45) is 5.92 Å². The van der Waals surface area contributed by atoms with Crippen molar-refractivity contribution in [2.45, 2.75) is 20.3 Å². The van der Waals surface area contributed by atoms with E-state index in [1.54, 1.807) is 12.1 Å². The molecule has 7 heteroatoms. The van der Waals surface area contributed by atoms with Crippen LogP contribution < -0.4 is 10.6 Å². The fraction of sp³-hybridized carbons (Fsp3) is 0.294. The van der Waals surface area contributed by atoms with Gasteiger partial charge in [0.05, 0.1) is 17.4 Å². The molecule has 128 valence electrons. The maximum Gasteiger partial charge on any atom is 0.258 e. The Morgan fingerprint density at radius 1 is 1.12 bits per heavy atom. The van der Waals surface area contributed by atoms with Crippen molar-refractivity contribution in [3.8, 4) is 0 Å². The van der Waals surface area contributed by atoms with Crippen molar-refractivity contribution in [1.29, 1.82) is 0 Å². The summed E-state index contributed by atoms with van der Waals surface area (Å²) in [5.41, 5.74) is -0.258. The van der Waals surface area contributed by atoms with Crippen LogP contribution in [0.1, 0.15) is 30.6 Å². The van der Waals surface area contributed by atoms with Gasteiger partial charge in [0.15, 0.2) is 17.5 Å². The van der Waals surface area contributed by atoms with E-state index >= 15 is 0 Å². The molecule has 1 amide bonds. The Balaban J connectivity index is 2.01. The monoisotopic (exact) mass is 337 g/mol. The van der Waals surface area contributed by atoms with E-state index in [-0.39, 0.29) is 0 Å². The van der Waals surface area contributed by atoms with Gasteiger partial charge >= 0.3 is 0 Å². The lowest BCUT2D eigenvalue weighted by Gasteiger charge is -2.09. The number of rotatable bonds is 6. The number of nitrogens with zero attached hydrogens (tertiary/aromatic N) is 1. The summed E-state index contributed by atoms with van der Waals surface area (Å²) in [5.74, 6) is -4.20. The van der Waals surface area contributed by atoms with Crippen molar-refractivity contribution in [2.75, 3.05) is 17.2 Å². The van der Waals surface area contributed by atoms with Gasteiger partial charge in [0.25, 0.3) is 5.91 Å². The van der Waals surface area contributed by atoms with Crippen LogP contribution in [0.5, 0.6) is 0 Å². The van der Waals surface area contributed by atoms with Crippen LogP contribution in [0.25, 0.3) is 0 Å². The molecule has 0 bridgehead atoms. The average molecular weight is 337 g/mol. The van der Waals surface area contributed by atoms with Crippen LogP contribution in [0.2, 0.25) is 0 Å². The molecule has 2 aromatic rings. The lowest BCUT2D eigenvalue weighted by atomic mass is 10.1. The summed E-state index contributed by atoms with van der Waals surface area (Å²) in [7, 11) is 0. The minimum Gasteiger partial charge on any atom is -0.370 e. The standard InChI is InChI=1S/C17H18F3N3O/c1-10(2)7-8-21-14-6-3-11(9-22-14)23-17(24)12-4-5-13(18)16(20)15(12)19/h3-6,9-10H,7-8H2,1-2H3,(H,21,22)(H,23,24). The number of hydrogen-bond donors (Lipinski definition) is 2. The smallest absolute Gasteiger partial charge is 0.258 e. The van der Waals surface area contributed by atoms with Crippen LogP contribution in [-0.4, -0.2) is 17.4 Å². The molecule has 1 aromatic carbocycles. The lowest BCUT2D eigenvalue weighted by Crippen LogP contribution is -2.15. The SMILES string of the molecule is CC(C)CCNc1ccc(NC(=O)c2ccc(F)c(F)c2F)cn1. The first kappa shape index (κ1) is 17.8. The number of hydrogen-bond acceptors (Lipinski definition) is 3. The molecule has 1 heterocycles. The van der Waals surface area contributed by atoms with Crippen molar-refractivity contribution in [3.63, 3.8) is 0 Å². The van der Waals surface area contributed by atoms with E-state index < -0.39 is 28.9 Å². The molecule has 0 atom stereocenters. The van der Waals surface area contributed by atoms with E-state index in [2.05, 4.69) is 29.5 Å². The molecule has 0 fully saturated rings. The number of carbonyl (C=O) groups is 1. The predicted octanol–water partition coefficient (Wildman–Crippen LogP) is 4.21. The molecule has 0 aliphatic heterocycles. The van der Waals surface area contributed by atoms with Gasteiger partial charge in [-0.05, 0) is 36.6 Å². The molecule has 0 saturated heterocycles. The molecule has 2 N–H and O–H groups in total. The minimum absolute atomic E-state index is 0.318. The first-order valence-electron chi connectivity index (χ1n) is 7.53. The largest absolute Gasteiger partial charge is 0.370 e. The molecule has 2 rings (SSSR count). The Morgan fingerprint density at radius 2 is 1.88 bits per heavy atom. The summed E-state index contributed by atoms with van der Waals surface area (Å²) in [6.07, 6.45) is 2.39. The van der Waals surface area contributed by atoms with Crippen molar-refractivity contribution in [3.05, 3.63) is 53.5 Å². The Labute approximate surface area is 138 Å². The molecule has 0 unspecified atom stereocenters. The number of benzene rings is 1. The number of halogens is 3. The Bertz CT molecular complexity index is 718. The molecule has 1 aromatic heterocycles. The van der Waals surface area contributed by atoms with Gasteiger partial charge in [-0.25, -0.2) is 18.2 Å². The summed E-state index contributed by atoms with van der Waals surface area (Å²) in [6.45, 7) is 5.01. The second-order valence-corrected chi connectivity index (χ2v) is 5.72. The second-order valence-electron chi connectivity index (χ2n) is 5.72. The molecule has 0 radical (unpaired) electrons. The van der Waals surface area contributed by atoms with E-state index in [4.69, 9.17) is 0 Å². The van der Waals surface area contributed by atoms with Crippen LogP contribution >= 0.6 is 0 Å². The van der Waals surface area contributed by atoms with Crippen LogP contribution in [0.15, 0.2) is 30.5 Å². The van der Waals surface area contributed by atoms with Gasteiger partial charge in [-0.1, -0.05) is 13.8 Å². The number of aromatic nitrogens is 1. The quantitative estimate of drug-likeness (QED) is 0.777. The van der Waals surface area contributed by atoms with E-state index in [0.717, 1.165) is 19.0 Å². The molecule has 0 spiro atoms. The summed E-state index contributed by atoms with van der Waals surface area (Å²) >= 11 is 0. The van der Waals surface area contributed by atoms with Gasteiger partial charge in [0.1, 0.15) is 5.82 Å². The zero-order valence-electron chi connectivity index (χ0n) is 13.4. The van der Waals surface area contributed by atoms with Gasteiger partial charge in [-0.2, -0.15) is 0 Å². The molecule has 4 nitrogen and oxygen atoms in total. The molecule has 0 aliphatic rings. The summed E-state index contributed by atoms with van der Waals surface area (Å²) < 4.78 is 39.6. The summed E-state index contributed by atoms with van der Waals surface area (Å²) in [4.78, 5) is 16.1. The third kappa shape index (κ3) is 4.47. The van der Waals surface area contributed by atoms with Gasteiger partial charge < -0.3 is 10.6 Å². The van der Waals surface area contributed by atoms with Gasteiger partial charge in [-0.15, -0.1) is 0 Å². The van der Waals surface area contributed by atoms with Crippen LogP contribution in [0, 0.1) is 23.4 Å². The summed E-state index contributed by atoms with van der Waals surface area (Å²) in [6, 6.07) is 4.84. The number of nitrogens with one attached hydrogen (secondary N) is 2. The Kier molecular flexibility index (Phi) is 5.78. The molecule has 0 aliphatic carbocycles. The fourth-order valence-corrected chi connectivity index (χ4v) is 1.96. The van der Waals surface area contributed by atoms with Crippen molar-refractivity contribution in [1.82, 2.24) is 4.98 Å². The molecular formula is C17H18F3N3O. The van der Waals surface area contributed by atoms with E-state index in [9.17, 15) is 18.0 Å². The third-order valence-corrected chi connectivity index (χ3v) is 3.33. The molecule has 0 saturated carbocycles. The normalized spacial score (nSPS) is 10.8. The maximum absolute atomic E-state index is 13.6. The van der Waals surface area contributed by atoms with Gasteiger partial charge in [0, 0.05) is 6.54 Å². The fourth-order valence-electron chi connectivity index (χ4n) is 1.96. The molecular weight excluding hydrogens is 319 g/mol. The number of amides is 1. The van der Waals surface area contributed by atoms with E-state index in [1.165, 1.54) is 6.20 Å². The summed E-state index contributed by atoms with van der Waals surface area (Å²) in [5, 5.41) is 5.52. The second kappa shape index (κ2) is 7.81. The highest BCUT2D eigenvalue weighted by atomic mass is 19.2. The van der Waals surface area contributed by atoms with E-state index in [1.807, 2.05) is 0 Å². The Hall–Kier alpha value is -2.57. The van der Waals surface area contributed by atoms with Crippen LogP contribution in [-0.2, 0) is 0 Å². The van der Waals surface area contributed by atoms with Crippen molar-refractivity contribution >= 4 is 17.4 Å². The van der Waals surface area contributed by atoms with Crippen LogP contribution in [0.4, 0.5) is 24.7 Å². The number of carbonyl (C=O) groups excluding carboxylic acids is 1. The number of anilines is 2. The highest BCUT2D eigenvalue weighted by Gasteiger charge is 2.18. The van der Waals surface area contributed by atoms with Gasteiger partial charge in [0.2, 0.25) is 0 Å². The topological polar surface area (TPSA) is 54.0 Å². The third-order valence-electron chi connectivity index (χ3n) is 3.33. The van der Waals surface area contributed by atoms with E-state index in [0.29, 0.717) is 23.5 Å². The lowest BCUT2D eigenvalue weighted by molar-refractivity contribution is 0.102.